The number of aryl methyl sites for hydroxylation is 1. The van der Waals surface area contributed by atoms with Crippen molar-refractivity contribution in [2.75, 3.05) is 6.54 Å². The predicted molar refractivity (Wildman–Crippen MR) is 67.4 cm³/mol. The number of hydrogen-bond donors (Lipinski definition) is 1. The topological polar surface area (TPSA) is 56.7 Å². The molecule has 2 N–H and O–H groups in total. The Hall–Kier alpha value is -1.75. The summed E-state index contributed by atoms with van der Waals surface area (Å²) in [5, 5.41) is 4.03. The lowest BCUT2D eigenvalue weighted by Crippen LogP contribution is -2.21. The van der Waals surface area contributed by atoms with Crippen molar-refractivity contribution in [3.05, 3.63) is 47.8 Å². The lowest BCUT2D eigenvalue weighted by molar-refractivity contribution is 0.502. The van der Waals surface area contributed by atoms with Gasteiger partial charge in [-0.15, -0.1) is 0 Å². The van der Waals surface area contributed by atoms with Gasteiger partial charge in [-0.05, 0) is 36.6 Å². The molecule has 0 spiro atoms. The highest BCUT2D eigenvalue weighted by atomic mass is 19.1. The number of nitrogens with two attached hydrogens (primary N) is 1. The zero-order chi connectivity index (χ0) is 13.0. The molecule has 1 atom stereocenters. The molecule has 0 bridgehead atoms. The number of benzene rings is 1. The molecule has 1 heterocycles. The number of hydrogen-bond acceptors (Lipinski definition) is 3. The normalized spacial score (nSPS) is 12.6. The fourth-order valence-corrected chi connectivity index (χ4v) is 2.00. The molecule has 4 nitrogen and oxygen atoms in total. The van der Waals surface area contributed by atoms with Gasteiger partial charge in [-0.25, -0.2) is 9.37 Å². The van der Waals surface area contributed by atoms with E-state index in [9.17, 15) is 4.39 Å². The van der Waals surface area contributed by atoms with Crippen LogP contribution in [0.25, 0.3) is 0 Å². The second kappa shape index (κ2) is 5.73. The third-order valence-corrected chi connectivity index (χ3v) is 3.02. The van der Waals surface area contributed by atoms with Crippen molar-refractivity contribution in [1.82, 2.24) is 14.8 Å². The van der Waals surface area contributed by atoms with E-state index in [1.807, 2.05) is 13.1 Å². The van der Waals surface area contributed by atoms with Gasteiger partial charge in [0.2, 0.25) is 0 Å². The molecule has 1 aromatic heterocycles. The summed E-state index contributed by atoms with van der Waals surface area (Å²) < 4.78 is 14.8. The molecule has 0 amide bonds. The van der Waals surface area contributed by atoms with Gasteiger partial charge in [-0.1, -0.05) is 12.1 Å². The number of aromatic nitrogens is 3. The molecule has 0 aliphatic carbocycles. The lowest BCUT2D eigenvalue weighted by Gasteiger charge is -2.14. The van der Waals surface area contributed by atoms with Gasteiger partial charge in [0, 0.05) is 13.5 Å². The maximum Gasteiger partial charge on any atom is 0.138 e. The Kier molecular flexibility index (Phi) is 4.04. The molecule has 0 saturated carbocycles. The average Bonchev–Trinajstić information content (AvgIpc) is 2.74. The molecule has 0 fully saturated rings. The largest absolute Gasteiger partial charge is 0.330 e. The van der Waals surface area contributed by atoms with E-state index in [-0.39, 0.29) is 11.7 Å². The smallest absolute Gasteiger partial charge is 0.138 e. The van der Waals surface area contributed by atoms with Crippen LogP contribution in [0.3, 0.4) is 0 Å². The average molecular weight is 248 g/mol. The first kappa shape index (κ1) is 12.7. The molecule has 0 radical (unpaired) electrons. The van der Waals surface area contributed by atoms with Crippen LogP contribution < -0.4 is 5.73 Å². The van der Waals surface area contributed by atoms with Crippen molar-refractivity contribution in [3.8, 4) is 0 Å². The molecule has 18 heavy (non-hydrogen) atoms. The van der Waals surface area contributed by atoms with Crippen molar-refractivity contribution >= 4 is 0 Å². The van der Waals surface area contributed by atoms with Gasteiger partial charge in [-0.3, -0.25) is 4.68 Å². The first-order chi connectivity index (χ1) is 8.69. The molecule has 96 valence electrons. The van der Waals surface area contributed by atoms with E-state index in [2.05, 4.69) is 10.1 Å². The summed E-state index contributed by atoms with van der Waals surface area (Å²) in [6.07, 6.45) is 3.04. The van der Waals surface area contributed by atoms with Crippen LogP contribution in [0.15, 0.2) is 30.6 Å². The van der Waals surface area contributed by atoms with E-state index in [1.54, 1.807) is 16.8 Å². The lowest BCUT2D eigenvalue weighted by atomic mass is 9.96. The van der Waals surface area contributed by atoms with Crippen LogP contribution >= 0.6 is 0 Å². The molecule has 5 heteroatoms. The minimum absolute atomic E-state index is 0.207. The van der Waals surface area contributed by atoms with Crippen LogP contribution in [0.1, 0.15) is 11.4 Å². The van der Waals surface area contributed by atoms with E-state index in [0.717, 1.165) is 24.2 Å². The standard InChI is InChI=1S/C13H17FN4/c1-18-13(16-9-17-18)7-11(8-15)5-10-3-2-4-12(14)6-10/h2-4,6,9,11H,5,7-8,15H2,1H3. The van der Waals surface area contributed by atoms with Crippen LogP contribution in [0.4, 0.5) is 4.39 Å². The highest BCUT2D eigenvalue weighted by Crippen LogP contribution is 2.13. The van der Waals surface area contributed by atoms with Gasteiger partial charge in [-0.2, -0.15) is 5.10 Å². The molecule has 1 unspecified atom stereocenters. The zero-order valence-electron chi connectivity index (χ0n) is 10.4. The number of rotatable bonds is 5. The van der Waals surface area contributed by atoms with E-state index in [4.69, 9.17) is 5.73 Å². The van der Waals surface area contributed by atoms with E-state index >= 15 is 0 Å². The second-order valence-electron chi connectivity index (χ2n) is 4.44. The van der Waals surface area contributed by atoms with Gasteiger partial charge in [0.15, 0.2) is 0 Å². The minimum atomic E-state index is -0.207. The first-order valence-corrected chi connectivity index (χ1v) is 5.96. The highest BCUT2D eigenvalue weighted by molar-refractivity contribution is 5.17. The van der Waals surface area contributed by atoms with Crippen molar-refractivity contribution < 1.29 is 4.39 Å². The van der Waals surface area contributed by atoms with E-state index < -0.39 is 0 Å². The minimum Gasteiger partial charge on any atom is -0.330 e. The van der Waals surface area contributed by atoms with E-state index in [1.165, 1.54) is 12.4 Å². The Balaban J connectivity index is 2.04. The molecular weight excluding hydrogens is 231 g/mol. The van der Waals surface area contributed by atoms with Crippen LogP contribution in [0, 0.1) is 11.7 Å². The second-order valence-corrected chi connectivity index (χ2v) is 4.44. The van der Waals surface area contributed by atoms with Crippen LogP contribution in [-0.2, 0) is 19.9 Å². The van der Waals surface area contributed by atoms with Crippen LogP contribution in [0.5, 0.6) is 0 Å². The third-order valence-electron chi connectivity index (χ3n) is 3.02. The van der Waals surface area contributed by atoms with E-state index in [0.29, 0.717) is 6.54 Å². The summed E-state index contributed by atoms with van der Waals surface area (Å²) in [6, 6.07) is 6.64. The molecule has 1 aromatic carbocycles. The molecule has 2 rings (SSSR count). The number of nitrogens with zero attached hydrogens (tertiary/aromatic N) is 3. The van der Waals surface area contributed by atoms with Gasteiger partial charge in [0.25, 0.3) is 0 Å². The Labute approximate surface area is 106 Å². The monoisotopic (exact) mass is 248 g/mol. The molecule has 0 aliphatic rings. The maximum absolute atomic E-state index is 13.1. The number of halogens is 1. The van der Waals surface area contributed by atoms with Crippen molar-refractivity contribution in [2.24, 2.45) is 18.7 Å². The summed E-state index contributed by atoms with van der Waals surface area (Å²) in [7, 11) is 1.86. The predicted octanol–water partition coefficient (Wildman–Crippen LogP) is 1.31. The van der Waals surface area contributed by atoms with Gasteiger partial charge in [0.05, 0.1) is 0 Å². The van der Waals surface area contributed by atoms with Crippen LogP contribution in [0.2, 0.25) is 0 Å². The molecular formula is C13H17FN4. The SMILES string of the molecule is Cn1ncnc1CC(CN)Cc1cccc(F)c1. The Morgan fingerprint density at radius 3 is 2.83 bits per heavy atom. The third kappa shape index (κ3) is 3.13. The Morgan fingerprint density at radius 1 is 1.39 bits per heavy atom. The highest BCUT2D eigenvalue weighted by Gasteiger charge is 2.12. The quantitative estimate of drug-likeness (QED) is 0.868. The maximum atomic E-state index is 13.1. The fraction of sp³-hybridized carbons (Fsp3) is 0.385. The summed E-state index contributed by atoms with van der Waals surface area (Å²) in [4.78, 5) is 4.18. The summed E-state index contributed by atoms with van der Waals surface area (Å²) in [5.41, 5.74) is 6.74. The van der Waals surface area contributed by atoms with Crippen molar-refractivity contribution in [2.45, 2.75) is 12.8 Å². The Bertz CT molecular complexity index is 509. The van der Waals surface area contributed by atoms with Gasteiger partial charge in [0.1, 0.15) is 18.0 Å². The van der Waals surface area contributed by atoms with Crippen LogP contribution in [-0.4, -0.2) is 21.3 Å². The Morgan fingerprint density at radius 2 is 2.22 bits per heavy atom. The fourth-order valence-electron chi connectivity index (χ4n) is 2.00. The zero-order valence-corrected chi connectivity index (χ0v) is 10.4. The summed E-state index contributed by atoms with van der Waals surface area (Å²) in [5.74, 6) is 0.943. The summed E-state index contributed by atoms with van der Waals surface area (Å²) >= 11 is 0. The molecule has 0 saturated heterocycles. The molecule has 0 aliphatic heterocycles. The molecule has 2 aromatic rings. The van der Waals surface area contributed by atoms with Crippen molar-refractivity contribution in [1.29, 1.82) is 0 Å². The first-order valence-electron chi connectivity index (χ1n) is 5.96. The van der Waals surface area contributed by atoms with Crippen molar-refractivity contribution in [3.63, 3.8) is 0 Å². The summed E-state index contributed by atoms with van der Waals surface area (Å²) in [6.45, 7) is 0.545. The van der Waals surface area contributed by atoms with Gasteiger partial charge < -0.3 is 5.73 Å². The van der Waals surface area contributed by atoms with Gasteiger partial charge >= 0.3 is 0 Å².